The molecule has 0 aliphatic rings. The number of carbonyl (C=O) groups is 1. The van der Waals surface area contributed by atoms with Crippen molar-refractivity contribution in [3.8, 4) is 11.5 Å². The van der Waals surface area contributed by atoms with Gasteiger partial charge in [0.25, 0.3) is 5.91 Å². The van der Waals surface area contributed by atoms with Gasteiger partial charge in [0.1, 0.15) is 0 Å². The molecule has 0 aliphatic carbocycles. The van der Waals surface area contributed by atoms with Gasteiger partial charge in [-0.15, -0.1) is 0 Å². The molecule has 0 aromatic heterocycles. The van der Waals surface area contributed by atoms with Crippen molar-refractivity contribution >= 4 is 29.3 Å². The summed E-state index contributed by atoms with van der Waals surface area (Å²) in [6, 6.07) is 5.42. The number of amides is 1. The summed E-state index contributed by atoms with van der Waals surface area (Å²) >= 11 is 4.57. The normalized spacial score (nSPS) is 10.2. The maximum Gasteiger partial charge on any atom is 0.262 e. The van der Waals surface area contributed by atoms with Crippen LogP contribution < -0.4 is 26.1 Å². The quantitative estimate of drug-likeness (QED) is 0.418. The fourth-order valence-corrected chi connectivity index (χ4v) is 1.51. The van der Waals surface area contributed by atoms with E-state index in [1.165, 1.54) is 6.08 Å². The van der Waals surface area contributed by atoms with E-state index in [9.17, 15) is 4.79 Å². The Balaban J connectivity index is 2.71. The Morgan fingerprint density at radius 2 is 2.14 bits per heavy atom. The van der Waals surface area contributed by atoms with E-state index in [-0.39, 0.29) is 11.0 Å². The lowest BCUT2D eigenvalue weighted by Crippen LogP contribution is -2.43. The van der Waals surface area contributed by atoms with Crippen LogP contribution in [0.5, 0.6) is 11.5 Å². The topological polar surface area (TPSA) is 85.6 Å². The molecular weight excluding hydrogens is 290 g/mol. The number of carbonyl (C=O) groups excluding carboxylic acids is 1. The monoisotopic (exact) mass is 309 g/mol. The summed E-state index contributed by atoms with van der Waals surface area (Å²) in [7, 11) is 1.57. The van der Waals surface area contributed by atoms with Crippen molar-refractivity contribution < 1.29 is 14.3 Å². The lowest BCUT2D eigenvalue weighted by Gasteiger charge is -2.10. The lowest BCUT2D eigenvalue weighted by atomic mass is 10.2. The zero-order valence-electron chi connectivity index (χ0n) is 12.0. The smallest absolute Gasteiger partial charge is 0.262 e. The van der Waals surface area contributed by atoms with Crippen LogP contribution in [0, 0.1) is 0 Å². The molecule has 6 nitrogen and oxygen atoms in total. The zero-order valence-corrected chi connectivity index (χ0v) is 12.8. The second-order valence-electron chi connectivity index (χ2n) is 4.07. The summed E-state index contributed by atoms with van der Waals surface area (Å²) in [6.45, 7) is 2.65. The van der Waals surface area contributed by atoms with E-state index in [0.29, 0.717) is 18.1 Å². The zero-order chi connectivity index (χ0) is 15.7. The highest BCUT2D eigenvalue weighted by Gasteiger charge is 2.04. The van der Waals surface area contributed by atoms with Crippen LogP contribution in [0.25, 0.3) is 6.08 Å². The van der Waals surface area contributed by atoms with E-state index < -0.39 is 0 Å². The van der Waals surface area contributed by atoms with Gasteiger partial charge in [0.15, 0.2) is 16.6 Å². The minimum atomic E-state index is -0.368. The maximum absolute atomic E-state index is 11.5. The van der Waals surface area contributed by atoms with Gasteiger partial charge in [-0.1, -0.05) is 13.0 Å². The van der Waals surface area contributed by atoms with Gasteiger partial charge < -0.3 is 15.2 Å². The van der Waals surface area contributed by atoms with Gasteiger partial charge >= 0.3 is 0 Å². The van der Waals surface area contributed by atoms with Gasteiger partial charge in [-0.3, -0.25) is 15.6 Å². The molecule has 114 valence electrons. The molecule has 0 aliphatic heterocycles. The van der Waals surface area contributed by atoms with Crippen molar-refractivity contribution in [1.82, 2.24) is 10.9 Å². The van der Waals surface area contributed by atoms with Crippen molar-refractivity contribution in [3.63, 3.8) is 0 Å². The van der Waals surface area contributed by atoms with E-state index in [4.69, 9.17) is 15.2 Å². The van der Waals surface area contributed by atoms with Gasteiger partial charge in [-0.05, 0) is 42.4 Å². The Kier molecular flexibility index (Phi) is 7.03. The minimum Gasteiger partial charge on any atom is -0.493 e. The molecule has 0 atom stereocenters. The summed E-state index contributed by atoms with van der Waals surface area (Å²) < 4.78 is 10.8. The number of hydrogen-bond acceptors (Lipinski definition) is 4. The first-order chi connectivity index (χ1) is 10.1. The molecule has 0 radical (unpaired) electrons. The molecule has 4 N–H and O–H groups in total. The number of rotatable bonds is 6. The second-order valence-corrected chi connectivity index (χ2v) is 4.51. The molecule has 0 unspecified atom stereocenters. The first-order valence-electron chi connectivity index (χ1n) is 6.41. The van der Waals surface area contributed by atoms with Crippen molar-refractivity contribution in [2.45, 2.75) is 13.3 Å². The molecule has 0 heterocycles. The van der Waals surface area contributed by atoms with Crippen LogP contribution in [0.4, 0.5) is 0 Å². The number of nitrogens with one attached hydrogen (secondary N) is 2. The Morgan fingerprint density at radius 3 is 2.76 bits per heavy atom. The summed E-state index contributed by atoms with van der Waals surface area (Å²) in [4.78, 5) is 11.5. The standard InChI is InChI=1S/C14H19N3O3S/c1-3-8-20-11-6-4-10(9-12(11)19-2)5-7-13(18)16-17-14(15)21/h4-7,9H,3,8H2,1-2H3,(H,16,18)(H3,15,17,21)/b7-5+. The van der Waals surface area contributed by atoms with E-state index in [0.717, 1.165) is 12.0 Å². The second kappa shape index (κ2) is 8.80. The summed E-state index contributed by atoms with van der Waals surface area (Å²) in [5.41, 5.74) is 10.7. The molecule has 0 saturated heterocycles. The van der Waals surface area contributed by atoms with Crippen LogP contribution in [0.1, 0.15) is 18.9 Å². The fraction of sp³-hybridized carbons (Fsp3) is 0.286. The maximum atomic E-state index is 11.5. The number of benzene rings is 1. The highest BCUT2D eigenvalue weighted by Crippen LogP contribution is 2.28. The highest BCUT2D eigenvalue weighted by atomic mass is 32.1. The predicted octanol–water partition coefficient (Wildman–Crippen LogP) is 1.36. The number of hydrogen-bond donors (Lipinski definition) is 3. The predicted molar refractivity (Wildman–Crippen MR) is 85.9 cm³/mol. The van der Waals surface area contributed by atoms with Crippen LogP contribution in [-0.4, -0.2) is 24.7 Å². The number of methoxy groups -OCH3 is 1. The molecule has 21 heavy (non-hydrogen) atoms. The van der Waals surface area contributed by atoms with Crippen LogP contribution >= 0.6 is 12.2 Å². The van der Waals surface area contributed by atoms with Gasteiger partial charge in [0, 0.05) is 6.08 Å². The van der Waals surface area contributed by atoms with Gasteiger partial charge in [-0.25, -0.2) is 0 Å². The van der Waals surface area contributed by atoms with Gasteiger partial charge in [0.05, 0.1) is 13.7 Å². The van der Waals surface area contributed by atoms with E-state index in [1.807, 2.05) is 13.0 Å². The number of thiocarbonyl (C=S) groups is 1. The third kappa shape index (κ3) is 6.13. The molecule has 0 fully saturated rings. The number of hydrazine groups is 1. The third-order valence-electron chi connectivity index (χ3n) is 2.39. The Labute approximate surface area is 129 Å². The third-order valence-corrected chi connectivity index (χ3v) is 2.49. The Bertz CT molecular complexity index is 532. The van der Waals surface area contributed by atoms with Crippen LogP contribution in [0.2, 0.25) is 0 Å². The molecule has 7 heteroatoms. The van der Waals surface area contributed by atoms with Crippen molar-refractivity contribution in [3.05, 3.63) is 29.8 Å². The summed E-state index contributed by atoms with van der Waals surface area (Å²) in [5.74, 6) is 0.927. The first-order valence-corrected chi connectivity index (χ1v) is 6.82. The minimum absolute atomic E-state index is 0.00385. The molecule has 0 spiro atoms. The van der Waals surface area contributed by atoms with Crippen LogP contribution in [-0.2, 0) is 4.79 Å². The van der Waals surface area contributed by atoms with Crippen molar-refractivity contribution in [1.29, 1.82) is 0 Å². The lowest BCUT2D eigenvalue weighted by molar-refractivity contribution is -0.116. The highest BCUT2D eigenvalue weighted by molar-refractivity contribution is 7.80. The Hall–Kier alpha value is -2.28. The average molecular weight is 309 g/mol. The van der Waals surface area contributed by atoms with E-state index >= 15 is 0 Å². The van der Waals surface area contributed by atoms with E-state index in [2.05, 4.69) is 23.1 Å². The Morgan fingerprint density at radius 1 is 1.38 bits per heavy atom. The van der Waals surface area contributed by atoms with Gasteiger partial charge in [-0.2, -0.15) is 0 Å². The fourth-order valence-electron chi connectivity index (χ4n) is 1.46. The largest absolute Gasteiger partial charge is 0.493 e. The molecule has 0 saturated carbocycles. The molecule has 1 rings (SSSR count). The van der Waals surface area contributed by atoms with Crippen molar-refractivity contribution in [2.75, 3.05) is 13.7 Å². The molecular formula is C14H19N3O3S. The first kappa shape index (κ1) is 16.8. The number of nitrogens with two attached hydrogens (primary N) is 1. The number of ether oxygens (including phenoxy) is 2. The van der Waals surface area contributed by atoms with Gasteiger partial charge in [0.2, 0.25) is 0 Å². The summed E-state index contributed by atoms with van der Waals surface area (Å²) in [5, 5.41) is -0.00385. The average Bonchev–Trinajstić information content (AvgIpc) is 2.49. The van der Waals surface area contributed by atoms with Crippen LogP contribution in [0.3, 0.4) is 0 Å². The van der Waals surface area contributed by atoms with Crippen LogP contribution in [0.15, 0.2) is 24.3 Å². The summed E-state index contributed by atoms with van der Waals surface area (Å²) in [6.07, 6.45) is 3.91. The van der Waals surface area contributed by atoms with Crippen molar-refractivity contribution in [2.24, 2.45) is 5.73 Å². The molecule has 0 bridgehead atoms. The molecule has 1 amide bonds. The van der Waals surface area contributed by atoms with E-state index in [1.54, 1.807) is 25.3 Å². The molecule has 1 aromatic carbocycles. The SMILES string of the molecule is CCCOc1ccc(/C=C/C(=O)NNC(N)=S)cc1OC. The molecule has 1 aromatic rings.